The average Bonchev–Trinajstić information content (AvgIpc) is 2.93. The number of rotatable bonds is 15. The molecule has 0 spiro atoms. The van der Waals surface area contributed by atoms with Crippen molar-refractivity contribution in [3.05, 3.63) is 115 Å². The van der Waals surface area contributed by atoms with Crippen LogP contribution in [0.3, 0.4) is 0 Å². The predicted molar refractivity (Wildman–Crippen MR) is 158 cm³/mol. The van der Waals surface area contributed by atoms with Gasteiger partial charge in [-0.1, -0.05) is 67.5 Å². The van der Waals surface area contributed by atoms with Gasteiger partial charge < -0.3 is 15.0 Å². The molecule has 0 amide bonds. The van der Waals surface area contributed by atoms with Gasteiger partial charge in [0.25, 0.3) is 0 Å². The molecular weight excluding hydrogens is 468 g/mol. The van der Waals surface area contributed by atoms with E-state index in [2.05, 4.69) is 48.5 Å². The molecule has 0 aliphatic rings. The molecule has 4 rings (SSSR count). The number of benzene rings is 3. The maximum Gasteiger partial charge on any atom is 0.150 e. The molecule has 1 N–H and O–H groups in total. The van der Waals surface area contributed by atoms with E-state index in [0.29, 0.717) is 13.1 Å². The standard InChI is InChI=1S/C33H38N4O/c1-4-37(24-27-19-21-29(22-20-27)38-28-15-9-7-10-16-28)25-32-35-31-18-12-11-17-30(31)33(36-32)34-23-13-6-5-8-14-26(2)3/h4,7,9-12,15-22H,1-2,5-6,8,13-14,23-25H2,3H3,(H,34,35,36). The second-order valence-electron chi connectivity index (χ2n) is 9.70. The van der Waals surface area contributed by atoms with Crippen LogP contribution in [0.15, 0.2) is 104 Å². The molecule has 0 saturated carbocycles. The second-order valence-corrected chi connectivity index (χ2v) is 9.70. The van der Waals surface area contributed by atoms with Gasteiger partial charge in [0.2, 0.25) is 0 Å². The molecule has 0 bridgehead atoms. The van der Waals surface area contributed by atoms with E-state index in [1.807, 2.05) is 66.9 Å². The van der Waals surface area contributed by atoms with Gasteiger partial charge in [-0.05, 0) is 74.3 Å². The number of hydrogen-bond acceptors (Lipinski definition) is 5. The van der Waals surface area contributed by atoms with Gasteiger partial charge in [0.1, 0.15) is 17.3 Å². The molecule has 38 heavy (non-hydrogen) atoms. The zero-order valence-electron chi connectivity index (χ0n) is 22.4. The second kappa shape index (κ2) is 14.0. The fourth-order valence-corrected chi connectivity index (χ4v) is 4.33. The molecule has 0 fully saturated rings. The fraction of sp³-hybridized carbons (Fsp3) is 0.273. The highest BCUT2D eigenvalue weighted by molar-refractivity contribution is 5.88. The molecule has 3 aromatic carbocycles. The van der Waals surface area contributed by atoms with E-state index in [-0.39, 0.29) is 0 Å². The van der Waals surface area contributed by atoms with E-state index >= 15 is 0 Å². The van der Waals surface area contributed by atoms with Crippen molar-refractivity contribution in [3.8, 4) is 11.5 Å². The summed E-state index contributed by atoms with van der Waals surface area (Å²) >= 11 is 0. The molecule has 0 unspecified atom stereocenters. The molecule has 0 aliphatic carbocycles. The van der Waals surface area contributed by atoms with Crippen molar-refractivity contribution in [1.29, 1.82) is 0 Å². The molecule has 0 radical (unpaired) electrons. The normalized spacial score (nSPS) is 10.8. The van der Waals surface area contributed by atoms with Crippen molar-refractivity contribution in [3.63, 3.8) is 0 Å². The molecule has 0 saturated heterocycles. The molecule has 0 aliphatic heterocycles. The smallest absolute Gasteiger partial charge is 0.150 e. The lowest BCUT2D eigenvalue weighted by Gasteiger charge is -2.20. The number of allylic oxidation sites excluding steroid dienone is 1. The van der Waals surface area contributed by atoms with Gasteiger partial charge in [0, 0.05) is 18.5 Å². The lowest BCUT2D eigenvalue weighted by atomic mass is 10.1. The van der Waals surface area contributed by atoms with Crippen LogP contribution in [0.1, 0.15) is 50.4 Å². The van der Waals surface area contributed by atoms with Crippen LogP contribution in [0, 0.1) is 0 Å². The third-order valence-corrected chi connectivity index (χ3v) is 6.36. The van der Waals surface area contributed by atoms with Gasteiger partial charge >= 0.3 is 0 Å². The Balaban J connectivity index is 1.36. The van der Waals surface area contributed by atoms with Gasteiger partial charge in [0.15, 0.2) is 5.82 Å². The predicted octanol–water partition coefficient (Wildman–Crippen LogP) is 8.51. The largest absolute Gasteiger partial charge is 0.457 e. The van der Waals surface area contributed by atoms with Crippen molar-refractivity contribution >= 4 is 16.7 Å². The van der Waals surface area contributed by atoms with Crippen molar-refractivity contribution < 1.29 is 4.74 Å². The van der Waals surface area contributed by atoms with Crippen LogP contribution in [0.2, 0.25) is 0 Å². The number of nitrogens with zero attached hydrogens (tertiary/aromatic N) is 3. The van der Waals surface area contributed by atoms with E-state index in [4.69, 9.17) is 14.7 Å². The fourth-order valence-electron chi connectivity index (χ4n) is 4.33. The molecule has 0 atom stereocenters. The third kappa shape index (κ3) is 8.20. The maximum atomic E-state index is 5.92. The van der Waals surface area contributed by atoms with Gasteiger partial charge in [-0.15, -0.1) is 6.58 Å². The number of anilines is 1. The summed E-state index contributed by atoms with van der Waals surface area (Å²) in [5.74, 6) is 3.32. The van der Waals surface area contributed by atoms with Crippen molar-refractivity contribution in [1.82, 2.24) is 14.9 Å². The van der Waals surface area contributed by atoms with Gasteiger partial charge in [-0.3, -0.25) is 0 Å². The Hall–Kier alpha value is -4.12. The highest BCUT2D eigenvalue weighted by Crippen LogP contribution is 2.23. The van der Waals surface area contributed by atoms with Crippen LogP contribution in [0.4, 0.5) is 5.82 Å². The zero-order chi connectivity index (χ0) is 26.6. The Labute approximate surface area is 226 Å². The first kappa shape index (κ1) is 26.9. The lowest BCUT2D eigenvalue weighted by Crippen LogP contribution is -2.18. The number of fused-ring (bicyclic) bond motifs is 1. The summed E-state index contributed by atoms with van der Waals surface area (Å²) in [5.41, 5.74) is 3.38. The first-order valence-corrected chi connectivity index (χ1v) is 13.4. The molecule has 4 aromatic rings. The zero-order valence-corrected chi connectivity index (χ0v) is 22.4. The first-order valence-electron chi connectivity index (χ1n) is 13.4. The highest BCUT2D eigenvalue weighted by atomic mass is 16.5. The number of unbranched alkanes of at least 4 members (excludes halogenated alkanes) is 3. The number of nitrogens with one attached hydrogen (secondary N) is 1. The minimum atomic E-state index is 0.576. The summed E-state index contributed by atoms with van der Waals surface area (Å²) in [6.07, 6.45) is 7.75. The van der Waals surface area contributed by atoms with Crippen molar-refractivity contribution in [2.75, 3.05) is 11.9 Å². The van der Waals surface area contributed by atoms with Gasteiger partial charge in [-0.2, -0.15) is 0 Å². The summed E-state index contributed by atoms with van der Waals surface area (Å²) in [5, 5.41) is 4.62. The Bertz CT molecular complexity index is 1320. The Morgan fingerprint density at radius 3 is 2.32 bits per heavy atom. The quantitative estimate of drug-likeness (QED) is 0.129. The summed E-state index contributed by atoms with van der Waals surface area (Å²) < 4.78 is 5.92. The third-order valence-electron chi connectivity index (χ3n) is 6.36. The number of aromatic nitrogens is 2. The SMILES string of the molecule is C=CN(Cc1ccc(Oc2ccccc2)cc1)Cc1nc(NCCCCCCC(=C)C)c2ccccc2n1. The first-order chi connectivity index (χ1) is 18.6. The molecule has 5 nitrogen and oxygen atoms in total. The Morgan fingerprint density at radius 2 is 1.55 bits per heavy atom. The van der Waals surface area contributed by atoms with Gasteiger partial charge in [0.05, 0.1) is 12.1 Å². The van der Waals surface area contributed by atoms with Gasteiger partial charge in [-0.25, -0.2) is 9.97 Å². The number of para-hydroxylation sites is 2. The summed E-state index contributed by atoms with van der Waals surface area (Å²) in [6, 6.07) is 26.2. The topological polar surface area (TPSA) is 50.3 Å². The van der Waals surface area contributed by atoms with Crippen molar-refractivity contribution in [2.24, 2.45) is 0 Å². The van der Waals surface area contributed by atoms with E-state index in [1.54, 1.807) is 0 Å². The van der Waals surface area contributed by atoms with Crippen LogP contribution in [-0.2, 0) is 13.1 Å². The minimum absolute atomic E-state index is 0.576. The Morgan fingerprint density at radius 1 is 0.842 bits per heavy atom. The Kier molecular flexibility index (Phi) is 9.91. The molecular formula is C33H38N4O. The van der Waals surface area contributed by atoms with E-state index in [1.165, 1.54) is 24.8 Å². The summed E-state index contributed by atoms with van der Waals surface area (Å²) in [7, 11) is 0. The monoisotopic (exact) mass is 506 g/mol. The van der Waals surface area contributed by atoms with E-state index in [9.17, 15) is 0 Å². The van der Waals surface area contributed by atoms with E-state index < -0.39 is 0 Å². The number of ether oxygens (including phenoxy) is 1. The van der Waals surface area contributed by atoms with Crippen LogP contribution < -0.4 is 10.1 Å². The lowest BCUT2D eigenvalue weighted by molar-refractivity contribution is 0.353. The highest BCUT2D eigenvalue weighted by Gasteiger charge is 2.11. The van der Waals surface area contributed by atoms with Crippen LogP contribution in [0.5, 0.6) is 11.5 Å². The average molecular weight is 507 g/mol. The van der Waals surface area contributed by atoms with Crippen LogP contribution in [0.25, 0.3) is 10.9 Å². The summed E-state index contributed by atoms with van der Waals surface area (Å²) in [6.45, 7) is 12.3. The van der Waals surface area contributed by atoms with E-state index in [0.717, 1.165) is 59.0 Å². The number of hydrogen-bond donors (Lipinski definition) is 1. The summed E-state index contributed by atoms with van der Waals surface area (Å²) in [4.78, 5) is 11.9. The van der Waals surface area contributed by atoms with Crippen molar-refractivity contribution in [2.45, 2.75) is 52.1 Å². The molecule has 1 aromatic heterocycles. The van der Waals surface area contributed by atoms with Crippen LogP contribution in [-0.4, -0.2) is 21.4 Å². The maximum absolute atomic E-state index is 5.92. The van der Waals surface area contributed by atoms with Crippen LogP contribution >= 0.6 is 0 Å². The minimum Gasteiger partial charge on any atom is -0.457 e. The molecule has 196 valence electrons. The molecule has 1 heterocycles. The molecule has 5 heteroatoms.